The van der Waals surface area contributed by atoms with Gasteiger partial charge in [-0.2, -0.15) is 0 Å². The number of nitrogens with two attached hydrogens (primary N) is 1. The molecule has 2 rings (SSSR count). The molecular weight excluding hydrogens is 280 g/mol. The van der Waals surface area contributed by atoms with E-state index in [1.807, 2.05) is 37.3 Å². The highest BCUT2D eigenvalue weighted by molar-refractivity contribution is 9.10. The second kappa shape index (κ2) is 5.29. The number of hydrogen-bond acceptors (Lipinski definition) is 3. The first kappa shape index (κ1) is 12.1. The first-order valence-electron chi connectivity index (χ1n) is 5.29. The van der Waals surface area contributed by atoms with E-state index in [4.69, 9.17) is 10.5 Å². The maximum absolute atomic E-state index is 5.77. The molecule has 2 aromatic rings. The summed E-state index contributed by atoms with van der Waals surface area (Å²) >= 11 is 3.47. The molecule has 0 saturated carbocycles. The third-order valence-corrected chi connectivity index (χ3v) is 3.41. The van der Waals surface area contributed by atoms with Gasteiger partial charge in [0.05, 0.1) is 4.47 Å². The zero-order chi connectivity index (χ0) is 12.3. The van der Waals surface area contributed by atoms with E-state index in [1.165, 1.54) is 0 Å². The van der Waals surface area contributed by atoms with Crippen molar-refractivity contribution in [2.45, 2.75) is 13.5 Å². The molecule has 0 bridgehead atoms. The van der Waals surface area contributed by atoms with Crippen molar-refractivity contribution in [2.75, 3.05) is 0 Å². The molecule has 0 atom stereocenters. The number of rotatable bonds is 3. The number of hydrogen-bond donors (Lipinski definition) is 1. The third-order valence-electron chi connectivity index (χ3n) is 2.45. The van der Waals surface area contributed by atoms with Crippen LogP contribution in [0.4, 0.5) is 0 Å². The van der Waals surface area contributed by atoms with Gasteiger partial charge in [0.2, 0.25) is 5.88 Å². The number of aromatic nitrogens is 1. The van der Waals surface area contributed by atoms with E-state index in [-0.39, 0.29) is 0 Å². The Labute approximate surface area is 109 Å². The van der Waals surface area contributed by atoms with Gasteiger partial charge in [0.1, 0.15) is 5.75 Å². The van der Waals surface area contributed by atoms with E-state index >= 15 is 0 Å². The molecule has 0 unspecified atom stereocenters. The largest absolute Gasteiger partial charge is 0.438 e. The summed E-state index contributed by atoms with van der Waals surface area (Å²) in [5, 5.41) is 0. The second-order valence-electron chi connectivity index (χ2n) is 3.66. The number of ether oxygens (including phenoxy) is 1. The minimum Gasteiger partial charge on any atom is -0.438 e. The van der Waals surface area contributed by atoms with Crippen LogP contribution >= 0.6 is 15.9 Å². The molecule has 4 heteroatoms. The number of aryl methyl sites for hydroxylation is 1. The molecular formula is C13H13BrN2O. The summed E-state index contributed by atoms with van der Waals surface area (Å²) in [6, 6.07) is 9.61. The predicted molar refractivity (Wildman–Crippen MR) is 71.1 cm³/mol. The van der Waals surface area contributed by atoms with Crippen LogP contribution in [0.5, 0.6) is 11.6 Å². The number of nitrogens with zero attached hydrogens (tertiary/aromatic N) is 1. The van der Waals surface area contributed by atoms with Crippen LogP contribution < -0.4 is 10.5 Å². The van der Waals surface area contributed by atoms with Crippen LogP contribution in [0.15, 0.2) is 41.0 Å². The lowest BCUT2D eigenvalue weighted by Crippen LogP contribution is -2.00. The second-order valence-corrected chi connectivity index (χ2v) is 4.45. The summed E-state index contributed by atoms with van der Waals surface area (Å²) in [6.45, 7) is 2.44. The van der Waals surface area contributed by atoms with Crippen LogP contribution in [0.3, 0.4) is 0 Å². The lowest BCUT2D eigenvalue weighted by Gasteiger charge is -2.10. The van der Waals surface area contributed by atoms with E-state index < -0.39 is 0 Å². The molecule has 0 spiro atoms. The van der Waals surface area contributed by atoms with Gasteiger partial charge < -0.3 is 10.5 Å². The number of benzene rings is 1. The number of halogens is 1. The highest BCUT2D eigenvalue weighted by atomic mass is 79.9. The van der Waals surface area contributed by atoms with Crippen LogP contribution in [-0.2, 0) is 6.54 Å². The highest BCUT2D eigenvalue weighted by Crippen LogP contribution is 2.31. The minimum absolute atomic E-state index is 0.444. The molecule has 3 nitrogen and oxygen atoms in total. The van der Waals surface area contributed by atoms with E-state index in [1.54, 1.807) is 6.20 Å². The Morgan fingerprint density at radius 1 is 1.29 bits per heavy atom. The summed E-state index contributed by atoms with van der Waals surface area (Å²) in [4.78, 5) is 4.20. The van der Waals surface area contributed by atoms with E-state index in [9.17, 15) is 0 Å². The lowest BCUT2D eigenvalue weighted by molar-refractivity contribution is 0.453. The SMILES string of the molecule is Cc1ccnc(Oc2ccccc2CN)c1Br. The molecule has 1 aromatic carbocycles. The average Bonchev–Trinajstić information content (AvgIpc) is 2.35. The van der Waals surface area contributed by atoms with Gasteiger partial charge >= 0.3 is 0 Å². The fourth-order valence-electron chi connectivity index (χ4n) is 1.46. The maximum atomic E-state index is 5.77. The van der Waals surface area contributed by atoms with Crippen LogP contribution in [-0.4, -0.2) is 4.98 Å². The van der Waals surface area contributed by atoms with Crippen molar-refractivity contribution in [3.63, 3.8) is 0 Å². The first-order chi connectivity index (χ1) is 8.22. The molecule has 17 heavy (non-hydrogen) atoms. The van der Waals surface area contributed by atoms with Crippen LogP contribution in [0.1, 0.15) is 11.1 Å². The van der Waals surface area contributed by atoms with Crippen molar-refractivity contribution in [1.82, 2.24) is 4.98 Å². The van der Waals surface area contributed by atoms with Crippen LogP contribution in [0.2, 0.25) is 0 Å². The monoisotopic (exact) mass is 292 g/mol. The number of pyridine rings is 1. The Morgan fingerprint density at radius 3 is 2.82 bits per heavy atom. The van der Waals surface area contributed by atoms with Crippen LogP contribution in [0, 0.1) is 6.92 Å². The Balaban J connectivity index is 2.35. The molecule has 0 saturated heterocycles. The van der Waals surface area contributed by atoms with E-state index in [0.717, 1.165) is 21.3 Å². The molecule has 0 aliphatic heterocycles. The molecule has 0 aliphatic rings. The topological polar surface area (TPSA) is 48.1 Å². The summed E-state index contributed by atoms with van der Waals surface area (Å²) in [5.41, 5.74) is 7.70. The van der Waals surface area contributed by atoms with Gasteiger partial charge in [-0.15, -0.1) is 0 Å². The molecule has 0 radical (unpaired) electrons. The zero-order valence-corrected chi connectivity index (χ0v) is 11.1. The summed E-state index contributed by atoms with van der Waals surface area (Å²) in [6.07, 6.45) is 1.72. The van der Waals surface area contributed by atoms with Gasteiger partial charge in [-0.3, -0.25) is 0 Å². The van der Waals surface area contributed by atoms with Crippen LogP contribution in [0.25, 0.3) is 0 Å². The zero-order valence-electron chi connectivity index (χ0n) is 9.48. The van der Waals surface area contributed by atoms with Crippen molar-refractivity contribution in [2.24, 2.45) is 5.73 Å². The van der Waals surface area contributed by atoms with Crippen molar-refractivity contribution in [1.29, 1.82) is 0 Å². The van der Waals surface area contributed by atoms with Crippen molar-refractivity contribution < 1.29 is 4.74 Å². The van der Waals surface area contributed by atoms with Gasteiger partial charge in [0.15, 0.2) is 0 Å². The predicted octanol–water partition coefficient (Wildman–Crippen LogP) is 3.40. The van der Waals surface area contributed by atoms with Gasteiger partial charge in [-0.1, -0.05) is 18.2 Å². The van der Waals surface area contributed by atoms with E-state index in [2.05, 4.69) is 20.9 Å². The lowest BCUT2D eigenvalue weighted by atomic mass is 10.2. The molecule has 1 aromatic heterocycles. The molecule has 1 heterocycles. The van der Waals surface area contributed by atoms with Gasteiger partial charge in [0, 0.05) is 18.3 Å². The van der Waals surface area contributed by atoms with Gasteiger partial charge in [0.25, 0.3) is 0 Å². The first-order valence-corrected chi connectivity index (χ1v) is 6.08. The fraction of sp³-hybridized carbons (Fsp3) is 0.154. The Hall–Kier alpha value is -1.39. The molecule has 88 valence electrons. The molecule has 0 amide bonds. The maximum Gasteiger partial charge on any atom is 0.233 e. The summed E-state index contributed by atoms with van der Waals surface area (Å²) in [5.74, 6) is 1.31. The Kier molecular flexibility index (Phi) is 3.76. The smallest absolute Gasteiger partial charge is 0.233 e. The van der Waals surface area contributed by atoms with Gasteiger partial charge in [-0.05, 0) is 40.5 Å². The summed E-state index contributed by atoms with van der Waals surface area (Å²) in [7, 11) is 0. The fourth-order valence-corrected chi connectivity index (χ4v) is 1.78. The number of para-hydroxylation sites is 1. The average molecular weight is 293 g/mol. The minimum atomic E-state index is 0.444. The van der Waals surface area contributed by atoms with Crippen molar-refractivity contribution >= 4 is 15.9 Å². The van der Waals surface area contributed by atoms with Crippen molar-refractivity contribution in [3.05, 3.63) is 52.1 Å². The Morgan fingerprint density at radius 2 is 2.06 bits per heavy atom. The summed E-state index contributed by atoms with van der Waals surface area (Å²) < 4.78 is 6.64. The van der Waals surface area contributed by atoms with Crippen molar-refractivity contribution in [3.8, 4) is 11.6 Å². The molecule has 2 N–H and O–H groups in total. The quantitative estimate of drug-likeness (QED) is 0.943. The Bertz CT molecular complexity index is 529. The molecule has 0 fully saturated rings. The highest BCUT2D eigenvalue weighted by Gasteiger charge is 2.08. The van der Waals surface area contributed by atoms with Gasteiger partial charge in [-0.25, -0.2) is 4.98 Å². The van der Waals surface area contributed by atoms with E-state index in [0.29, 0.717) is 12.4 Å². The molecule has 0 aliphatic carbocycles. The normalized spacial score (nSPS) is 10.3. The third kappa shape index (κ3) is 2.65. The standard InChI is InChI=1S/C13H13BrN2O/c1-9-6-7-16-13(12(9)14)17-11-5-3-2-4-10(11)8-15/h2-7H,8,15H2,1H3.